The SMILES string of the molecule is CS(=O)(=O)c1cnc(Oc2ccc(F)cc2F)c(Br)c1. The normalized spacial score (nSPS) is 11.4. The Morgan fingerprint density at radius 3 is 2.50 bits per heavy atom. The van der Waals surface area contributed by atoms with Gasteiger partial charge in [-0.1, -0.05) is 0 Å². The molecule has 0 aliphatic rings. The monoisotopic (exact) mass is 363 g/mol. The molecular weight excluding hydrogens is 356 g/mol. The summed E-state index contributed by atoms with van der Waals surface area (Å²) in [6.07, 6.45) is 2.13. The fourth-order valence-electron chi connectivity index (χ4n) is 1.35. The molecule has 0 bridgehead atoms. The van der Waals surface area contributed by atoms with E-state index in [1.165, 1.54) is 6.07 Å². The molecule has 2 rings (SSSR count). The maximum absolute atomic E-state index is 13.4. The molecule has 1 aromatic heterocycles. The third kappa shape index (κ3) is 3.31. The Kier molecular flexibility index (Phi) is 4.05. The van der Waals surface area contributed by atoms with Crippen molar-refractivity contribution in [3.8, 4) is 11.6 Å². The van der Waals surface area contributed by atoms with Crippen LogP contribution in [0.4, 0.5) is 8.78 Å². The van der Waals surface area contributed by atoms with Crippen LogP contribution in [0.2, 0.25) is 0 Å². The summed E-state index contributed by atoms with van der Waals surface area (Å²) in [7, 11) is -3.40. The third-order valence-electron chi connectivity index (χ3n) is 2.31. The molecule has 1 aromatic carbocycles. The van der Waals surface area contributed by atoms with E-state index in [0.717, 1.165) is 24.6 Å². The molecule has 0 amide bonds. The number of aromatic nitrogens is 1. The zero-order chi connectivity index (χ0) is 14.9. The number of ether oxygens (including phenoxy) is 1. The molecule has 0 saturated carbocycles. The number of sulfone groups is 1. The van der Waals surface area contributed by atoms with Crippen molar-refractivity contribution in [3.63, 3.8) is 0 Å². The van der Waals surface area contributed by atoms with Gasteiger partial charge in [0, 0.05) is 18.5 Å². The van der Waals surface area contributed by atoms with Crippen molar-refractivity contribution in [2.24, 2.45) is 0 Å². The summed E-state index contributed by atoms with van der Waals surface area (Å²) in [6.45, 7) is 0. The van der Waals surface area contributed by atoms with E-state index < -0.39 is 21.5 Å². The molecule has 1 heterocycles. The van der Waals surface area contributed by atoms with Crippen molar-refractivity contribution >= 4 is 25.8 Å². The Morgan fingerprint density at radius 1 is 1.25 bits per heavy atom. The van der Waals surface area contributed by atoms with Gasteiger partial charge in [-0.05, 0) is 34.1 Å². The van der Waals surface area contributed by atoms with Crippen LogP contribution < -0.4 is 4.74 Å². The number of benzene rings is 1. The van der Waals surface area contributed by atoms with Crippen molar-refractivity contribution in [1.29, 1.82) is 0 Å². The minimum Gasteiger partial charge on any atom is -0.435 e. The summed E-state index contributed by atoms with van der Waals surface area (Å²) in [4.78, 5) is 3.79. The molecule has 0 unspecified atom stereocenters. The molecule has 0 aliphatic heterocycles. The Morgan fingerprint density at radius 2 is 1.95 bits per heavy atom. The molecule has 106 valence electrons. The first-order chi connectivity index (χ1) is 9.27. The van der Waals surface area contributed by atoms with E-state index in [9.17, 15) is 17.2 Å². The number of nitrogens with zero attached hydrogens (tertiary/aromatic N) is 1. The molecule has 4 nitrogen and oxygen atoms in total. The summed E-state index contributed by atoms with van der Waals surface area (Å²) in [6, 6.07) is 4.12. The summed E-state index contributed by atoms with van der Waals surface area (Å²) in [5.41, 5.74) is 0. The highest BCUT2D eigenvalue weighted by Gasteiger charge is 2.14. The Balaban J connectivity index is 2.35. The first-order valence-corrected chi connectivity index (χ1v) is 7.94. The van der Waals surface area contributed by atoms with Crippen molar-refractivity contribution in [2.75, 3.05) is 6.26 Å². The van der Waals surface area contributed by atoms with Crippen LogP contribution in [0.5, 0.6) is 11.6 Å². The summed E-state index contributed by atoms with van der Waals surface area (Å²) >= 11 is 3.09. The van der Waals surface area contributed by atoms with Gasteiger partial charge in [-0.25, -0.2) is 22.2 Å². The van der Waals surface area contributed by atoms with Crippen LogP contribution >= 0.6 is 15.9 Å². The van der Waals surface area contributed by atoms with Crippen molar-refractivity contribution in [2.45, 2.75) is 4.90 Å². The molecule has 0 N–H and O–H groups in total. The summed E-state index contributed by atoms with van der Waals surface area (Å²) in [5.74, 6) is -1.85. The van der Waals surface area contributed by atoms with Crippen molar-refractivity contribution in [1.82, 2.24) is 4.98 Å². The van der Waals surface area contributed by atoms with Crippen LogP contribution in [0.15, 0.2) is 39.8 Å². The van der Waals surface area contributed by atoms with Gasteiger partial charge in [0.2, 0.25) is 5.88 Å². The van der Waals surface area contributed by atoms with Gasteiger partial charge in [0.1, 0.15) is 5.82 Å². The van der Waals surface area contributed by atoms with E-state index in [1.807, 2.05) is 0 Å². The lowest BCUT2D eigenvalue weighted by Gasteiger charge is -2.08. The highest BCUT2D eigenvalue weighted by molar-refractivity contribution is 9.10. The van der Waals surface area contributed by atoms with Gasteiger partial charge in [0.15, 0.2) is 21.4 Å². The molecule has 0 aliphatic carbocycles. The standard InChI is InChI=1S/C12H8BrF2NO3S/c1-20(17,18)8-5-9(13)12(16-6-8)19-11-3-2-7(14)4-10(11)15/h2-6H,1H3. The molecule has 0 saturated heterocycles. The first kappa shape index (κ1) is 14.9. The lowest BCUT2D eigenvalue weighted by molar-refractivity contribution is 0.420. The van der Waals surface area contributed by atoms with Gasteiger partial charge in [0.25, 0.3) is 0 Å². The molecule has 0 fully saturated rings. The second-order valence-electron chi connectivity index (χ2n) is 3.91. The Labute approximate surface area is 122 Å². The van der Waals surface area contributed by atoms with Gasteiger partial charge in [-0.3, -0.25) is 0 Å². The van der Waals surface area contributed by atoms with Crippen LogP contribution in [0.25, 0.3) is 0 Å². The Hall–Kier alpha value is -1.54. The van der Waals surface area contributed by atoms with E-state index in [0.29, 0.717) is 6.07 Å². The molecule has 0 spiro atoms. The highest BCUT2D eigenvalue weighted by Crippen LogP contribution is 2.30. The quantitative estimate of drug-likeness (QED) is 0.839. The van der Waals surface area contributed by atoms with Crippen molar-refractivity contribution in [3.05, 3.63) is 46.6 Å². The first-order valence-electron chi connectivity index (χ1n) is 5.26. The third-order valence-corrected chi connectivity index (χ3v) is 3.96. The average molecular weight is 364 g/mol. The number of pyridine rings is 1. The minimum absolute atomic E-state index is 0.00342. The van der Waals surface area contributed by atoms with E-state index in [4.69, 9.17) is 4.74 Å². The zero-order valence-corrected chi connectivity index (χ0v) is 12.5. The Bertz CT molecular complexity index is 765. The van der Waals surface area contributed by atoms with Crippen molar-refractivity contribution < 1.29 is 21.9 Å². The van der Waals surface area contributed by atoms with Crippen LogP contribution in [-0.4, -0.2) is 19.7 Å². The molecule has 0 atom stereocenters. The largest absolute Gasteiger partial charge is 0.435 e. The predicted molar refractivity (Wildman–Crippen MR) is 71.5 cm³/mol. The van der Waals surface area contributed by atoms with Crippen LogP contribution in [0.1, 0.15) is 0 Å². The molecule has 0 radical (unpaired) electrons. The maximum atomic E-state index is 13.4. The van der Waals surface area contributed by atoms with Gasteiger partial charge in [-0.15, -0.1) is 0 Å². The summed E-state index contributed by atoms with van der Waals surface area (Å²) < 4.78 is 54.3. The lowest BCUT2D eigenvalue weighted by atomic mass is 10.3. The molecule has 2 aromatic rings. The second-order valence-corrected chi connectivity index (χ2v) is 6.78. The maximum Gasteiger partial charge on any atom is 0.233 e. The van der Waals surface area contributed by atoms with E-state index in [1.54, 1.807) is 0 Å². The van der Waals surface area contributed by atoms with E-state index in [-0.39, 0.29) is 21.0 Å². The fourth-order valence-corrected chi connectivity index (χ4v) is 2.51. The number of hydrogen-bond donors (Lipinski definition) is 0. The topological polar surface area (TPSA) is 56.3 Å². The fraction of sp³-hybridized carbons (Fsp3) is 0.0833. The molecule has 8 heteroatoms. The lowest BCUT2D eigenvalue weighted by Crippen LogP contribution is -1.99. The molecule has 20 heavy (non-hydrogen) atoms. The van der Waals surface area contributed by atoms with Gasteiger partial charge >= 0.3 is 0 Å². The number of hydrogen-bond acceptors (Lipinski definition) is 4. The van der Waals surface area contributed by atoms with Gasteiger partial charge < -0.3 is 4.74 Å². The number of halogens is 3. The summed E-state index contributed by atoms with van der Waals surface area (Å²) in [5, 5.41) is 0. The van der Waals surface area contributed by atoms with E-state index >= 15 is 0 Å². The van der Waals surface area contributed by atoms with Gasteiger partial charge in [-0.2, -0.15) is 0 Å². The predicted octanol–water partition coefficient (Wildman–Crippen LogP) is 3.32. The smallest absolute Gasteiger partial charge is 0.233 e. The van der Waals surface area contributed by atoms with Crippen LogP contribution in [0.3, 0.4) is 0 Å². The van der Waals surface area contributed by atoms with Gasteiger partial charge in [0.05, 0.1) is 9.37 Å². The zero-order valence-electron chi connectivity index (χ0n) is 10.1. The number of rotatable bonds is 3. The minimum atomic E-state index is -3.40. The highest BCUT2D eigenvalue weighted by atomic mass is 79.9. The average Bonchev–Trinajstić information content (AvgIpc) is 2.33. The second kappa shape index (κ2) is 5.45. The molecular formula is C12H8BrF2NO3S. The van der Waals surface area contributed by atoms with E-state index in [2.05, 4.69) is 20.9 Å². The van der Waals surface area contributed by atoms with Crippen LogP contribution in [0, 0.1) is 11.6 Å². The van der Waals surface area contributed by atoms with Crippen LogP contribution in [-0.2, 0) is 9.84 Å².